The monoisotopic (exact) mass is 230 g/mol. The lowest BCUT2D eigenvalue weighted by molar-refractivity contribution is -0.384. The summed E-state index contributed by atoms with van der Waals surface area (Å²) in [7, 11) is 0. The Bertz CT molecular complexity index is 360. The third-order valence-corrected chi connectivity index (χ3v) is 2.39. The van der Waals surface area contributed by atoms with E-state index < -0.39 is 10.7 Å². The van der Waals surface area contributed by atoms with E-state index in [9.17, 15) is 14.5 Å². The van der Waals surface area contributed by atoms with Crippen LogP contribution in [0.25, 0.3) is 0 Å². The summed E-state index contributed by atoms with van der Waals surface area (Å²) in [4.78, 5) is 10.0. The fourth-order valence-electron chi connectivity index (χ4n) is 1.09. The number of benzene rings is 1. The van der Waals surface area contributed by atoms with Crippen LogP contribution in [-0.4, -0.2) is 23.5 Å². The van der Waals surface area contributed by atoms with Gasteiger partial charge in [0, 0.05) is 12.3 Å². The molecule has 0 aliphatic carbocycles. The summed E-state index contributed by atoms with van der Waals surface area (Å²) in [6.07, 6.45) is 1.95. The molecule has 82 valence electrons. The number of rotatable bonds is 5. The van der Waals surface area contributed by atoms with Crippen molar-refractivity contribution in [3.63, 3.8) is 0 Å². The number of hydrogen-bond acceptors (Lipinski definition) is 4. The van der Waals surface area contributed by atoms with Gasteiger partial charge in [0.2, 0.25) is 0 Å². The molecule has 1 aromatic rings. The van der Waals surface area contributed by atoms with E-state index in [1.165, 1.54) is 12.1 Å². The summed E-state index contributed by atoms with van der Waals surface area (Å²) in [6.45, 7) is 0.619. The SMILES string of the molecule is CSCCNc1ccc(F)cc1[N+](=O)[O-]. The van der Waals surface area contributed by atoms with Crippen molar-refractivity contribution in [1.82, 2.24) is 0 Å². The normalized spacial score (nSPS) is 10.0. The fraction of sp³-hybridized carbons (Fsp3) is 0.333. The van der Waals surface area contributed by atoms with E-state index in [1.54, 1.807) is 11.8 Å². The molecule has 0 unspecified atom stereocenters. The minimum absolute atomic E-state index is 0.226. The highest BCUT2D eigenvalue weighted by atomic mass is 32.2. The topological polar surface area (TPSA) is 55.2 Å². The van der Waals surface area contributed by atoms with E-state index in [0.717, 1.165) is 11.8 Å². The van der Waals surface area contributed by atoms with Crippen LogP contribution in [0.5, 0.6) is 0 Å². The molecule has 0 saturated carbocycles. The zero-order valence-corrected chi connectivity index (χ0v) is 9.01. The summed E-state index contributed by atoms with van der Waals surface area (Å²) >= 11 is 1.63. The van der Waals surface area contributed by atoms with Crippen LogP contribution >= 0.6 is 11.8 Å². The molecule has 0 radical (unpaired) electrons. The van der Waals surface area contributed by atoms with Gasteiger partial charge in [-0.1, -0.05) is 0 Å². The number of nitro groups is 1. The van der Waals surface area contributed by atoms with Crippen LogP contribution < -0.4 is 5.32 Å². The van der Waals surface area contributed by atoms with E-state index in [-0.39, 0.29) is 5.69 Å². The molecule has 0 amide bonds. The zero-order chi connectivity index (χ0) is 11.3. The Labute approximate surface area is 91.0 Å². The molecule has 1 N–H and O–H groups in total. The van der Waals surface area contributed by atoms with Crippen LogP contribution in [0.2, 0.25) is 0 Å². The number of nitro benzene ring substituents is 1. The Hall–Kier alpha value is -1.30. The van der Waals surface area contributed by atoms with Crippen LogP contribution in [-0.2, 0) is 0 Å². The Kier molecular flexibility index (Phi) is 4.36. The molecule has 0 atom stereocenters. The molecule has 0 fully saturated rings. The van der Waals surface area contributed by atoms with E-state index in [0.29, 0.717) is 12.2 Å². The average molecular weight is 230 g/mol. The predicted molar refractivity (Wildman–Crippen MR) is 59.9 cm³/mol. The van der Waals surface area contributed by atoms with Crippen molar-refractivity contribution < 1.29 is 9.31 Å². The Morgan fingerprint density at radius 2 is 2.33 bits per heavy atom. The molecular weight excluding hydrogens is 219 g/mol. The number of nitrogens with one attached hydrogen (secondary N) is 1. The third kappa shape index (κ3) is 3.39. The molecule has 0 aliphatic rings. The van der Waals surface area contributed by atoms with Gasteiger partial charge in [0.15, 0.2) is 0 Å². The summed E-state index contributed by atoms with van der Waals surface area (Å²) in [6, 6.07) is 3.50. The number of nitrogens with zero attached hydrogens (tertiary/aromatic N) is 1. The van der Waals surface area contributed by atoms with E-state index in [2.05, 4.69) is 5.32 Å². The smallest absolute Gasteiger partial charge is 0.295 e. The largest absolute Gasteiger partial charge is 0.379 e. The van der Waals surface area contributed by atoms with Crippen molar-refractivity contribution in [3.05, 3.63) is 34.1 Å². The van der Waals surface area contributed by atoms with Crippen molar-refractivity contribution in [2.75, 3.05) is 23.9 Å². The second-order valence-electron chi connectivity index (χ2n) is 2.84. The van der Waals surface area contributed by atoms with Crippen LogP contribution in [0, 0.1) is 15.9 Å². The first-order valence-corrected chi connectivity index (χ1v) is 5.71. The predicted octanol–water partition coefficient (Wildman–Crippen LogP) is 2.51. The molecule has 0 aromatic heterocycles. The lowest BCUT2D eigenvalue weighted by atomic mass is 10.2. The molecule has 1 aromatic carbocycles. The van der Waals surface area contributed by atoms with Gasteiger partial charge < -0.3 is 5.32 Å². The maximum Gasteiger partial charge on any atom is 0.295 e. The van der Waals surface area contributed by atoms with Gasteiger partial charge in [-0.25, -0.2) is 4.39 Å². The molecular formula is C9H11FN2O2S. The summed E-state index contributed by atoms with van der Waals surface area (Å²) in [5, 5.41) is 13.5. The highest BCUT2D eigenvalue weighted by Crippen LogP contribution is 2.24. The van der Waals surface area contributed by atoms with E-state index >= 15 is 0 Å². The van der Waals surface area contributed by atoms with Crippen molar-refractivity contribution in [1.29, 1.82) is 0 Å². The Morgan fingerprint density at radius 1 is 1.60 bits per heavy atom. The molecule has 4 nitrogen and oxygen atoms in total. The second kappa shape index (κ2) is 5.55. The van der Waals surface area contributed by atoms with Gasteiger partial charge in [0.05, 0.1) is 11.0 Å². The average Bonchev–Trinajstić information content (AvgIpc) is 2.20. The van der Waals surface area contributed by atoms with Gasteiger partial charge >= 0.3 is 0 Å². The summed E-state index contributed by atoms with van der Waals surface area (Å²) in [5.74, 6) is 0.242. The highest BCUT2D eigenvalue weighted by Gasteiger charge is 2.13. The lowest BCUT2D eigenvalue weighted by Crippen LogP contribution is -2.06. The van der Waals surface area contributed by atoms with Crippen LogP contribution in [0.4, 0.5) is 15.8 Å². The minimum atomic E-state index is -0.600. The quantitative estimate of drug-likeness (QED) is 0.479. The van der Waals surface area contributed by atoms with E-state index in [4.69, 9.17) is 0 Å². The van der Waals surface area contributed by atoms with E-state index in [1.807, 2.05) is 6.26 Å². The first-order valence-electron chi connectivity index (χ1n) is 4.32. The number of hydrogen-bond donors (Lipinski definition) is 1. The highest BCUT2D eigenvalue weighted by molar-refractivity contribution is 7.98. The molecule has 6 heteroatoms. The molecule has 0 heterocycles. The Morgan fingerprint density at radius 3 is 2.93 bits per heavy atom. The van der Waals surface area contributed by atoms with Gasteiger partial charge in [-0.2, -0.15) is 11.8 Å². The number of halogens is 1. The molecule has 0 saturated heterocycles. The fourth-order valence-corrected chi connectivity index (χ4v) is 1.40. The van der Waals surface area contributed by atoms with Crippen LogP contribution in [0.1, 0.15) is 0 Å². The summed E-state index contributed by atoms with van der Waals surface area (Å²) in [5.41, 5.74) is 0.131. The molecule has 1 rings (SSSR count). The standard InChI is InChI=1S/C9H11FN2O2S/c1-15-5-4-11-8-3-2-7(10)6-9(8)12(13)14/h2-3,6,11H,4-5H2,1H3. The maximum absolute atomic E-state index is 12.8. The van der Waals surface area contributed by atoms with Gasteiger partial charge in [0.25, 0.3) is 5.69 Å². The zero-order valence-electron chi connectivity index (χ0n) is 8.20. The molecule has 0 aliphatic heterocycles. The molecule has 15 heavy (non-hydrogen) atoms. The van der Waals surface area contributed by atoms with Crippen molar-refractivity contribution in [2.24, 2.45) is 0 Å². The van der Waals surface area contributed by atoms with Crippen LogP contribution in [0.15, 0.2) is 18.2 Å². The van der Waals surface area contributed by atoms with Gasteiger partial charge in [-0.05, 0) is 18.4 Å². The third-order valence-electron chi connectivity index (χ3n) is 1.78. The van der Waals surface area contributed by atoms with Crippen molar-refractivity contribution >= 4 is 23.1 Å². The first kappa shape index (κ1) is 11.8. The first-order chi connectivity index (χ1) is 7.15. The molecule has 0 spiro atoms. The van der Waals surface area contributed by atoms with Gasteiger partial charge in [0.1, 0.15) is 11.5 Å². The second-order valence-corrected chi connectivity index (χ2v) is 3.82. The number of anilines is 1. The maximum atomic E-state index is 12.8. The van der Waals surface area contributed by atoms with Crippen molar-refractivity contribution in [3.8, 4) is 0 Å². The Balaban J connectivity index is 2.81. The molecule has 0 bridgehead atoms. The van der Waals surface area contributed by atoms with Crippen molar-refractivity contribution in [2.45, 2.75) is 0 Å². The lowest BCUT2D eigenvalue weighted by Gasteiger charge is -2.05. The summed E-state index contributed by atoms with van der Waals surface area (Å²) < 4.78 is 12.8. The van der Waals surface area contributed by atoms with Gasteiger partial charge in [-0.3, -0.25) is 10.1 Å². The number of thioether (sulfide) groups is 1. The van der Waals surface area contributed by atoms with Crippen LogP contribution in [0.3, 0.4) is 0 Å². The minimum Gasteiger partial charge on any atom is -0.379 e. The van der Waals surface area contributed by atoms with Gasteiger partial charge in [-0.15, -0.1) is 0 Å².